The lowest BCUT2D eigenvalue weighted by Crippen LogP contribution is -2.06. The van der Waals surface area contributed by atoms with Crippen LogP contribution in [-0.4, -0.2) is 6.54 Å². The van der Waals surface area contributed by atoms with Crippen molar-refractivity contribution in [3.63, 3.8) is 0 Å². The maximum atomic E-state index is 13.4. The number of hydrogen-bond acceptors (Lipinski definition) is 2. The number of thiophene rings is 1. The van der Waals surface area contributed by atoms with Crippen molar-refractivity contribution in [1.29, 1.82) is 0 Å². The Morgan fingerprint density at radius 3 is 2.76 bits per heavy atom. The molecule has 0 aliphatic heterocycles. The van der Waals surface area contributed by atoms with Crippen molar-refractivity contribution in [3.05, 3.63) is 50.6 Å². The summed E-state index contributed by atoms with van der Waals surface area (Å²) in [5, 5.41) is 4.89. The van der Waals surface area contributed by atoms with E-state index < -0.39 is 11.6 Å². The molecular formula is C12H10BrF2NS. The third-order valence-corrected chi connectivity index (χ3v) is 3.82. The van der Waals surface area contributed by atoms with Gasteiger partial charge >= 0.3 is 0 Å². The molecule has 0 fully saturated rings. The van der Waals surface area contributed by atoms with E-state index in [-0.39, 0.29) is 10.2 Å². The van der Waals surface area contributed by atoms with Gasteiger partial charge < -0.3 is 5.32 Å². The van der Waals surface area contributed by atoms with Crippen molar-refractivity contribution in [3.8, 4) is 0 Å². The summed E-state index contributed by atoms with van der Waals surface area (Å²) < 4.78 is 26.8. The molecule has 17 heavy (non-hydrogen) atoms. The van der Waals surface area contributed by atoms with E-state index in [9.17, 15) is 8.78 Å². The highest BCUT2D eigenvalue weighted by Gasteiger charge is 2.07. The molecule has 0 unspecified atom stereocenters. The molecule has 2 rings (SSSR count). The van der Waals surface area contributed by atoms with Crippen LogP contribution in [0.15, 0.2) is 34.1 Å². The zero-order chi connectivity index (χ0) is 12.3. The second kappa shape index (κ2) is 5.60. The van der Waals surface area contributed by atoms with Crippen LogP contribution in [0.25, 0.3) is 0 Å². The van der Waals surface area contributed by atoms with Gasteiger partial charge in [-0.05, 0) is 39.9 Å². The molecule has 90 valence electrons. The van der Waals surface area contributed by atoms with E-state index in [2.05, 4.69) is 21.2 Å². The van der Waals surface area contributed by atoms with Gasteiger partial charge in [0.15, 0.2) is 0 Å². The molecule has 0 aliphatic rings. The Balaban J connectivity index is 1.97. The fraction of sp³-hybridized carbons (Fsp3) is 0.167. The Bertz CT molecular complexity index is 499. The Morgan fingerprint density at radius 2 is 2.06 bits per heavy atom. The lowest BCUT2D eigenvalue weighted by molar-refractivity contribution is 0.596. The first-order chi connectivity index (χ1) is 8.16. The van der Waals surface area contributed by atoms with Crippen molar-refractivity contribution in [2.75, 3.05) is 11.9 Å². The first kappa shape index (κ1) is 12.5. The summed E-state index contributed by atoms with van der Waals surface area (Å²) in [6.45, 7) is 0.582. The van der Waals surface area contributed by atoms with Gasteiger partial charge in [0, 0.05) is 17.5 Å². The van der Waals surface area contributed by atoms with Crippen LogP contribution < -0.4 is 5.32 Å². The Labute approximate surface area is 111 Å². The summed E-state index contributed by atoms with van der Waals surface area (Å²) in [6.07, 6.45) is 0.800. The van der Waals surface area contributed by atoms with Gasteiger partial charge in [-0.1, -0.05) is 6.07 Å². The minimum atomic E-state index is -0.468. The third-order valence-electron chi connectivity index (χ3n) is 2.28. The summed E-state index contributed by atoms with van der Waals surface area (Å²) in [5.74, 6) is -0.922. The van der Waals surface area contributed by atoms with E-state index in [4.69, 9.17) is 0 Å². The van der Waals surface area contributed by atoms with E-state index in [0.29, 0.717) is 6.54 Å². The molecule has 0 aliphatic carbocycles. The van der Waals surface area contributed by atoms with Gasteiger partial charge in [-0.15, -0.1) is 11.3 Å². The summed E-state index contributed by atoms with van der Waals surface area (Å²) in [6, 6.07) is 6.28. The number of nitrogens with one attached hydrogen (secondary N) is 1. The van der Waals surface area contributed by atoms with Crippen molar-refractivity contribution in [1.82, 2.24) is 0 Å². The molecule has 0 saturated heterocycles. The molecule has 1 nitrogen and oxygen atoms in total. The van der Waals surface area contributed by atoms with E-state index >= 15 is 0 Å². The van der Waals surface area contributed by atoms with Crippen molar-refractivity contribution >= 4 is 33.0 Å². The fourth-order valence-electron chi connectivity index (χ4n) is 1.43. The number of rotatable bonds is 4. The highest BCUT2D eigenvalue weighted by atomic mass is 79.9. The summed E-state index contributed by atoms with van der Waals surface area (Å²) >= 11 is 4.59. The lowest BCUT2D eigenvalue weighted by Gasteiger charge is -2.07. The highest BCUT2D eigenvalue weighted by molar-refractivity contribution is 9.10. The van der Waals surface area contributed by atoms with Gasteiger partial charge in [0.25, 0.3) is 0 Å². The molecule has 2 aromatic rings. The molecule has 0 radical (unpaired) electrons. The largest absolute Gasteiger partial charge is 0.382 e. The van der Waals surface area contributed by atoms with Crippen LogP contribution in [0, 0.1) is 11.6 Å². The summed E-state index contributed by atoms with van der Waals surface area (Å²) in [7, 11) is 0. The predicted molar refractivity (Wildman–Crippen MR) is 70.6 cm³/mol. The van der Waals surface area contributed by atoms with Gasteiger partial charge in [-0.3, -0.25) is 0 Å². The average molecular weight is 318 g/mol. The maximum absolute atomic E-state index is 13.4. The topological polar surface area (TPSA) is 12.0 Å². The van der Waals surface area contributed by atoms with Gasteiger partial charge in [0.05, 0.1) is 10.2 Å². The van der Waals surface area contributed by atoms with Gasteiger partial charge in [0.2, 0.25) is 0 Å². The van der Waals surface area contributed by atoms with E-state index in [1.165, 1.54) is 4.88 Å². The Kier molecular flexibility index (Phi) is 4.12. The molecule has 0 saturated carbocycles. The second-order valence-electron chi connectivity index (χ2n) is 3.50. The molecule has 0 bridgehead atoms. The molecule has 0 spiro atoms. The van der Waals surface area contributed by atoms with Crippen molar-refractivity contribution in [2.45, 2.75) is 6.42 Å². The van der Waals surface area contributed by atoms with Crippen molar-refractivity contribution < 1.29 is 8.78 Å². The zero-order valence-corrected chi connectivity index (χ0v) is 11.2. The first-order valence-electron chi connectivity index (χ1n) is 5.07. The van der Waals surface area contributed by atoms with Crippen LogP contribution in [-0.2, 0) is 6.42 Å². The Hall–Kier alpha value is -0.940. The summed E-state index contributed by atoms with van der Waals surface area (Å²) in [5.41, 5.74) is 0.197. The lowest BCUT2D eigenvalue weighted by atomic mass is 10.2. The quantitative estimate of drug-likeness (QED) is 0.822. The minimum Gasteiger partial charge on any atom is -0.382 e. The fourth-order valence-corrected chi connectivity index (χ4v) is 2.46. The van der Waals surface area contributed by atoms with E-state index in [0.717, 1.165) is 18.6 Å². The third kappa shape index (κ3) is 3.26. The van der Waals surface area contributed by atoms with Gasteiger partial charge in [0.1, 0.15) is 11.6 Å². The van der Waals surface area contributed by atoms with Crippen molar-refractivity contribution in [2.24, 2.45) is 0 Å². The first-order valence-corrected chi connectivity index (χ1v) is 6.75. The van der Waals surface area contributed by atoms with Gasteiger partial charge in [-0.2, -0.15) is 0 Å². The van der Waals surface area contributed by atoms with E-state index in [1.54, 1.807) is 11.3 Å². The Morgan fingerprint density at radius 1 is 1.24 bits per heavy atom. The van der Waals surface area contributed by atoms with Crippen LogP contribution in [0.2, 0.25) is 0 Å². The average Bonchev–Trinajstić information content (AvgIpc) is 2.78. The highest BCUT2D eigenvalue weighted by Crippen LogP contribution is 2.23. The molecule has 1 aromatic heterocycles. The number of halogens is 3. The van der Waals surface area contributed by atoms with Crippen LogP contribution in [0.5, 0.6) is 0 Å². The van der Waals surface area contributed by atoms with Crippen LogP contribution in [0.1, 0.15) is 4.88 Å². The normalized spacial score (nSPS) is 10.5. The van der Waals surface area contributed by atoms with Crippen LogP contribution in [0.3, 0.4) is 0 Å². The molecule has 5 heteroatoms. The molecule has 0 amide bonds. The van der Waals surface area contributed by atoms with E-state index in [1.807, 2.05) is 17.5 Å². The maximum Gasteiger partial charge on any atom is 0.147 e. The molecule has 1 heterocycles. The molecular weight excluding hydrogens is 308 g/mol. The van der Waals surface area contributed by atoms with Crippen LogP contribution in [0.4, 0.5) is 14.5 Å². The number of benzene rings is 1. The van der Waals surface area contributed by atoms with Gasteiger partial charge in [-0.25, -0.2) is 8.78 Å². The SMILES string of the molecule is Fc1cc(NCCc2cccs2)c(F)cc1Br. The molecule has 0 atom stereocenters. The smallest absolute Gasteiger partial charge is 0.147 e. The van der Waals surface area contributed by atoms with Crippen LogP contribution >= 0.6 is 27.3 Å². The summed E-state index contributed by atoms with van der Waals surface area (Å²) in [4.78, 5) is 1.22. The minimum absolute atomic E-state index is 0.138. The predicted octanol–water partition coefficient (Wildman–Crippen LogP) is 4.44. The monoisotopic (exact) mass is 317 g/mol. The molecule has 1 N–H and O–H groups in total. The second-order valence-corrected chi connectivity index (χ2v) is 5.39. The molecule has 1 aromatic carbocycles. The zero-order valence-electron chi connectivity index (χ0n) is 8.84. The standard InChI is InChI=1S/C12H10BrF2NS/c13-9-6-11(15)12(7-10(9)14)16-4-3-8-2-1-5-17-8/h1-2,5-7,16H,3-4H2. The number of hydrogen-bond donors (Lipinski definition) is 1. The number of anilines is 1.